The van der Waals surface area contributed by atoms with Crippen molar-refractivity contribution < 1.29 is 4.79 Å². The van der Waals surface area contributed by atoms with Gasteiger partial charge in [-0.1, -0.05) is 36.8 Å². The second-order valence-electron chi connectivity index (χ2n) is 7.90. The molecule has 3 nitrogen and oxygen atoms in total. The van der Waals surface area contributed by atoms with Gasteiger partial charge in [-0.2, -0.15) is 0 Å². The molecular weight excluding hydrogens is 284 g/mol. The third-order valence-electron chi connectivity index (χ3n) is 6.46. The van der Waals surface area contributed by atoms with Crippen molar-refractivity contribution >= 4 is 5.91 Å². The topological polar surface area (TPSA) is 41.1 Å². The molecule has 0 radical (unpaired) electrons. The molecule has 2 N–H and O–H groups in total. The summed E-state index contributed by atoms with van der Waals surface area (Å²) >= 11 is 0. The molecule has 1 aromatic carbocycles. The van der Waals surface area contributed by atoms with Gasteiger partial charge in [0.1, 0.15) is 0 Å². The Labute approximate surface area is 139 Å². The molecule has 3 atom stereocenters. The molecule has 3 fully saturated rings. The van der Waals surface area contributed by atoms with Crippen LogP contribution >= 0.6 is 0 Å². The highest BCUT2D eigenvalue weighted by molar-refractivity contribution is 5.84. The van der Waals surface area contributed by atoms with Gasteiger partial charge in [0.15, 0.2) is 0 Å². The number of benzene rings is 1. The third-order valence-corrected chi connectivity index (χ3v) is 6.46. The zero-order valence-corrected chi connectivity index (χ0v) is 13.9. The summed E-state index contributed by atoms with van der Waals surface area (Å²) in [5.74, 6) is 1.72. The van der Waals surface area contributed by atoms with E-state index in [0.29, 0.717) is 17.9 Å². The second-order valence-corrected chi connectivity index (χ2v) is 7.90. The Morgan fingerprint density at radius 3 is 2.57 bits per heavy atom. The number of amides is 1. The molecule has 1 saturated heterocycles. The molecule has 4 rings (SSSR count). The summed E-state index contributed by atoms with van der Waals surface area (Å²) in [5, 5.41) is 6.81. The van der Waals surface area contributed by atoms with Gasteiger partial charge in [-0.05, 0) is 69.0 Å². The molecule has 3 heteroatoms. The maximum Gasteiger partial charge on any atom is 0.227 e. The van der Waals surface area contributed by atoms with Crippen LogP contribution in [0, 0.1) is 17.3 Å². The zero-order valence-electron chi connectivity index (χ0n) is 13.9. The van der Waals surface area contributed by atoms with Gasteiger partial charge >= 0.3 is 0 Å². The van der Waals surface area contributed by atoms with Crippen molar-refractivity contribution in [3.63, 3.8) is 0 Å². The van der Waals surface area contributed by atoms with Crippen molar-refractivity contribution in [2.45, 2.75) is 51.0 Å². The summed E-state index contributed by atoms with van der Waals surface area (Å²) < 4.78 is 0. The van der Waals surface area contributed by atoms with Crippen molar-refractivity contribution in [3.05, 3.63) is 35.9 Å². The van der Waals surface area contributed by atoms with Crippen molar-refractivity contribution in [3.8, 4) is 0 Å². The fraction of sp³-hybridized carbons (Fsp3) is 0.650. The van der Waals surface area contributed by atoms with E-state index in [4.69, 9.17) is 0 Å². The number of rotatable bonds is 4. The Kier molecular flexibility index (Phi) is 4.14. The molecule has 1 amide bonds. The van der Waals surface area contributed by atoms with Crippen molar-refractivity contribution in [1.29, 1.82) is 0 Å². The van der Waals surface area contributed by atoms with Gasteiger partial charge < -0.3 is 10.6 Å². The minimum Gasteiger partial charge on any atom is -0.353 e. The van der Waals surface area contributed by atoms with Crippen LogP contribution in [-0.4, -0.2) is 25.0 Å². The summed E-state index contributed by atoms with van der Waals surface area (Å²) in [6.45, 7) is 2.06. The molecule has 0 aromatic heterocycles. The van der Waals surface area contributed by atoms with E-state index in [1.165, 1.54) is 24.8 Å². The van der Waals surface area contributed by atoms with Crippen LogP contribution in [0.2, 0.25) is 0 Å². The predicted octanol–water partition coefficient (Wildman–Crippen LogP) is 2.90. The van der Waals surface area contributed by atoms with Gasteiger partial charge in [-0.25, -0.2) is 0 Å². The average Bonchev–Trinajstić information content (AvgIpc) is 3.18. The molecule has 2 aliphatic carbocycles. The number of piperidine rings is 1. The van der Waals surface area contributed by atoms with Crippen LogP contribution in [0.1, 0.15) is 44.1 Å². The summed E-state index contributed by atoms with van der Waals surface area (Å²) in [7, 11) is 0. The maximum atomic E-state index is 13.3. The van der Waals surface area contributed by atoms with Gasteiger partial charge in [0.2, 0.25) is 5.91 Å². The Balaban J connectivity index is 1.54. The molecule has 2 bridgehead atoms. The van der Waals surface area contributed by atoms with E-state index >= 15 is 0 Å². The Morgan fingerprint density at radius 2 is 1.91 bits per heavy atom. The molecule has 23 heavy (non-hydrogen) atoms. The van der Waals surface area contributed by atoms with Gasteiger partial charge in [-0.15, -0.1) is 0 Å². The van der Waals surface area contributed by atoms with Crippen molar-refractivity contribution in [1.82, 2.24) is 10.6 Å². The molecule has 1 aromatic rings. The van der Waals surface area contributed by atoms with Crippen LogP contribution in [-0.2, 0) is 11.2 Å². The first kappa shape index (κ1) is 15.2. The zero-order chi connectivity index (χ0) is 15.7. The van der Waals surface area contributed by atoms with Crippen molar-refractivity contribution in [2.24, 2.45) is 17.3 Å². The number of carbonyl (C=O) groups is 1. The number of carbonyl (C=O) groups excluding carboxylic acids is 1. The lowest BCUT2D eigenvalue weighted by Crippen LogP contribution is -2.51. The summed E-state index contributed by atoms with van der Waals surface area (Å²) in [6, 6.07) is 11.0. The molecule has 124 valence electrons. The molecule has 2 saturated carbocycles. The molecule has 1 heterocycles. The van der Waals surface area contributed by atoms with Gasteiger partial charge in [0.25, 0.3) is 0 Å². The highest BCUT2D eigenvalue weighted by atomic mass is 16.2. The first-order valence-electron chi connectivity index (χ1n) is 9.32. The van der Waals surface area contributed by atoms with Gasteiger partial charge in [-0.3, -0.25) is 4.79 Å². The highest BCUT2D eigenvalue weighted by Gasteiger charge is 2.55. The fourth-order valence-corrected chi connectivity index (χ4v) is 5.27. The first-order chi connectivity index (χ1) is 11.3. The number of nitrogens with one attached hydrogen (secondary N) is 2. The summed E-state index contributed by atoms with van der Waals surface area (Å²) in [5.41, 5.74) is 1.18. The summed E-state index contributed by atoms with van der Waals surface area (Å²) in [6.07, 6.45) is 8.02. The Bertz CT molecular complexity index is 552. The van der Waals surface area contributed by atoms with E-state index < -0.39 is 0 Å². The fourth-order valence-electron chi connectivity index (χ4n) is 5.27. The highest BCUT2D eigenvalue weighted by Crippen LogP contribution is 2.57. The maximum absolute atomic E-state index is 13.3. The largest absolute Gasteiger partial charge is 0.353 e. The van der Waals surface area contributed by atoms with Gasteiger partial charge in [0.05, 0.1) is 5.41 Å². The van der Waals surface area contributed by atoms with E-state index in [1.54, 1.807) is 0 Å². The SMILES string of the molecule is O=C(NC1CCNCC1)C1(Cc2ccccc2)CC2CCC1C2. The molecule has 3 aliphatic rings. The summed E-state index contributed by atoms with van der Waals surface area (Å²) in [4.78, 5) is 13.3. The van der Waals surface area contributed by atoms with E-state index in [9.17, 15) is 4.79 Å². The van der Waals surface area contributed by atoms with E-state index in [1.807, 2.05) is 0 Å². The number of hydrogen-bond acceptors (Lipinski definition) is 2. The third kappa shape index (κ3) is 2.91. The van der Waals surface area contributed by atoms with Crippen LogP contribution < -0.4 is 10.6 Å². The number of fused-ring (bicyclic) bond motifs is 2. The molecule has 0 spiro atoms. The smallest absolute Gasteiger partial charge is 0.227 e. The lowest BCUT2D eigenvalue weighted by molar-refractivity contribution is -0.135. The first-order valence-corrected chi connectivity index (χ1v) is 9.32. The van der Waals surface area contributed by atoms with Crippen LogP contribution in [0.25, 0.3) is 0 Å². The lowest BCUT2D eigenvalue weighted by Gasteiger charge is -2.38. The number of hydrogen-bond donors (Lipinski definition) is 2. The van der Waals surface area contributed by atoms with Crippen molar-refractivity contribution in [2.75, 3.05) is 13.1 Å². The second kappa shape index (κ2) is 6.27. The monoisotopic (exact) mass is 312 g/mol. The standard InChI is InChI=1S/C20H28N2O/c23-19(22-18-8-10-21-11-9-18)20(13-15-4-2-1-3-5-15)14-16-6-7-17(20)12-16/h1-5,16-18,21H,6-14H2,(H,22,23). The van der Waals surface area contributed by atoms with Crippen LogP contribution in [0.15, 0.2) is 30.3 Å². The Hall–Kier alpha value is -1.35. The average molecular weight is 312 g/mol. The minimum atomic E-state index is -0.144. The predicted molar refractivity (Wildman–Crippen MR) is 92.1 cm³/mol. The molecule has 1 aliphatic heterocycles. The molecule has 3 unspecified atom stereocenters. The Morgan fingerprint density at radius 1 is 1.13 bits per heavy atom. The van der Waals surface area contributed by atoms with Crippen LogP contribution in [0.5, 0.6) is 0 Å². The molecular formula is C20H28N2O. The quantitative estimate of drug-likeness (QED) is 0.897. The minimum absolute atomic E-state index is 0.144. The van der Waals surface area contributed by atoms with E-state index in [-0.39, 0.29) is 5.41 Å². The van der Waals surface area contributed by atoms with E-state index in [2.05, 4.69) is 41.0 Å². The lowest BCUT2D eigenvalue weighted by atomic mass is 9.68. The van der Waals surface area contributed by atoms with Crippen LogP contribution in [0.4, 0.5) is 0 Å². The van der Waals surface area contributed by atoms with Gasteiger partial charge in [0, 0.05) is 6.04 Å². The normalized spacial score (nSPS) is 33.7. The van der Waals surface area contributed by atoms with E-state index in [0.717, 1.165) is 44.7 Å². The van der Waals surface area contributed by atoms with Crippen LogP contribution in [0.3, 0.4) is 0 Å².